The van der Waals surface area contributed by atoms with Gasteiger partial charge < -0.3 is 10.2 Å². The number of carbonyl (C=O) groups is 2. The van der Waals surface area contributed by atoms with Crippen molar-refractivity contribution < 1.29 is 19.8 Å². The lowest BCUT2D eigenvalue weighted by Gasteiger charge is -2.99. The molecule has 0 saturated heterocycles. The Balaban J connectivity index is 1.73. The van der Waals surface area contributed by atoms with Gasteiger partial charge in [-0.15, -0.1) is 0 Å². The molecular formula is C12H12O4. The third kappa shape index (κ3) is 0.356. The molecule has 0 heterocycles. The third-order valence-electron chi connectivity index (χ3n) is 6.93. The van der Waals surface area contributed by atoms with Crippen molar-refractivity contribution in [2.45, 2.75) is 12.8 Å². The van der Waals surface area contributed by atoms with Gasteiger partial charge in [-0.3, -0.25) is 9.59 Å². The van der Waals surface area contributed by atoms with E-state index in [9.17, 15) is 19.8 Å². The highest BCUT2D eigenvalue weighted by atomic mass is 16.4. The van der Waals surface area contributed by atoms with Crippen molar-refractivity contribution in [3.8, 4) is 0 Å². The highest BCUT2D eigenvalue weighted by Crippen LogP contribution is 3.01. The predicted molar refractivity (Wildman–Crippen MR) is 50.3 cm³/mol. The number of hydrogen-bond donors (Lipinski definition) is 2. The average Bonchev–Trinajstić information content (AvgIpc) is 2.14. The molecule has 4 nitrogen and oxygen atoms in total. The summed E-state index contributed by atoms with van der Waals surface area (Å²) in [5.74, 6) is 0.0975. The van der Waals surface area contributed by atoms with Gasteiger partial charge in [0.05, 0.1) is 10.8 Å². The molecule has 6 aliphatic rings. The van der Waals surface area contributed by atoms with Crippen LogP contribution in [0.25, 0.3) is 0 Å². The molecule has 0 aliphatic heterocycles. The lowest BCUT2D eigenvalue weighted by molar-refractivity contribution is -0.532. The number of carboxylic acids is 2. The van der Waals surface area contributed by atoms with Crippen LogP contribution < -0.4 is 0 Å². The van der Waals surface area contributed by atoms with Gasteiger partial charge in [-0.25, -0.2) is 0 Å². The summed E-state index contributed by atoms with van der Waals surface area (Å²) in [5.41, 5.74) is -1.18. The normalized spacial score (nSPS) is 70.2. The van der Waals surface area contributed by atoms with E-state index in [1.165, 1.54) is 0 Å². The van der Waals surface area contributed by atoms with Crippen molar-refractivity contribution in [3.05, 3.63) is 0 Å². The summed E-state index contributed by atoms with van der Waals surface area (Å²) >= 11 is 0. The molecule has 6 fully saturated rings. The molecule has 0 radical (unpaired) electrons. The van der Waals surface area contributed by atoms with Gasteiger partial charge in [-0.2, -0.15) is 0 Å². The summed E-state index contributed by atoms with van der Waals surface area (Å²) in [4.78, 5) is 22.9. The van der Waals surface area contributed by atoms with E-state index in [1.54, 1.807) is 0 Å². The van der Waals surface area contributed by atoms with Crippen LogP contribution in [-0.2, 0) is 9.59 Å². The second-order valence-electron chi connectivity index (χ2n) is 6.38. The van der Waals surface area contributed by atoms with Crippen LogP contribution in [0.5, 0.6) is 0 Å². The quantitative estimate of drug-likeness (QED) is 0.717. The highest BCUT2D eigenvalue weighted by Gasteiger charge is 3.05. The molecule has 0 aromatic rings. The molecule has 6 rings (SSSR count). The molecule has 2 bridgehead atoms. The number of hydrogen-bond acceptors (Lipinski definition) is 2. The lowest BCUT2D eigenvalue weighted by atomic mass is 9.01. The Morgan fingerprint density at radius 3 is 2.25 bits per heavy atom. The number of rotatable bonds is 2. The maximum absolute atomic E-state index is 11.5. The van der Waals surface area contributed by atoms with Crippen LogP contribution in [-0.4, -0.2) is 22.2 Å². The van der Waals surface area contributed by atoms with Gasteiger partial charge in [0.2, 0.25) is 0 Å². The van der Waals surface area contributed by atoms with Gasteiger partial charge in [-0.05, 0) is 48.3 Å². The van der Waals surface area contributed by atoms with E-state index >= 15 is 0 Å². The molecule has 4 heteroatoms. The molecule has 6 aliphatic carbocycles. The molecule has 0 aromatic heterocycles. The molecular weight excluding hydrogens is 208 g/mol. The number of fused-ring (bicyclic) bond motifs is 1. The van der Waals surface area contributed by atoms with Gasteiger partial charge in [0.15, 0.2) is 0 Å². The van der Waals surface area contributed by atoms with E-state index in [0.717, 1.165) is 12.8 Å². The minimum absolute atomic E-state index is 0.00782. The van der Waals surface area contributed by atoms with Crippen molar-refractivity contribution >= 4 is 11.9 Å². The standard InChI is InChI=1S/C12H12O4/c13-9(14)11-4-2-1-3-6-5(4)8(11)12(6,7(3)11)10(15)16/h3-8H,1-2H2,(H,13,14)(H,15,16)/t3-,4+,5+,6+,7-,8-,11+,12-/m1/s1. The third-order valence-corrected chi connectivity index (χ3v) is 6.93. The van der Waals surface area contributed by atoms with Gasteiger partial charge in [0, 0.05) is 0 Å². The van der Waals surface area contributed by atoms with Crippen LogP contribution in [0, 0.1) is 46.3 Å². The maximum Gasteiger partial charge on any atom is 0.310 e. The van der Waals surface area contributed by atoms with E-state index in [0.29, 0.717) is 23.7 Å². The topological polar surface area (TPSA) is 74.6 Å². The summed E-state index contributed by atoms with van der Waals surface area (Å²) in [5, 5.41) is 18.9. The first-order chi connectivity index (χ1) is 7.60. The van der Waals surface area contributed by atoms with Gasteiger partial charge in [0.1, 0.15) is 0 Å². The van der Waals surface area contributed by atoms with Crippen molar-refractivity contribution in [3.63, 3.8) is 0 Å². The summed E-state index contributed by atoms with van der Waals surface area (Å²) in [6.07, 6.45) is 2.11. The van der Waals surface area contributed by atoms with Crippen LogP contribution in [0.1, 0.15) is 12.8 Å². The van der Waals surface area contributed by atoms with Crippen molar-refractivity contribution in [2.24, 2.45) is 46.3 Å². The maximum atomic E-state index is 11.5. The van der Waals surface area contributed by atoms with Gasteiger partial charge >= 0.3 is 11.9 Å². The average molecular weight is 220 g/mol. The fraction of sp³-hybridized carbons (Fsp3) is 0.833. The predicted octanol–water partition coefficient (Wildman–Crippen LogP) is 0.674. The Hall–Kier alpha value is -1.06. The second-order valence-corrected chi connectivity index (χ2v) is 6.38. The highest BCUT2D eigenvalue weighted by molar-refractivity contribution is 5.93. The molecule has 0 spiro atoms. The molecule has 0 amide bonds. The van der Waals surface area contributed by atoms with E-state index in [4.69, 9.17) is 0 Å². The van der Waals surface area contributed by atoms with Gasteiger partial charge in [0.25, 0.3) is 0 Å². The molecule has 6 saturated carbocycles. The Labute approximate surface area is 91.6 Å². The largest absolute Gasteiger partial charge is 0.481 e. The Kier molecular flexibility index (Phi) is 0.865. The summed E-state index contributed by atoms with van der Waals surface area (Å²) < 4.78 is 0. The zero-order valence-electron chi connectivity index (χ0n) is 8.59. The van der Waals surface area contributed by atoms with Crippen molar-refractivity contribution in [1.82, 2.24) is 0 Å². The zero-order valence-corrected chi connectivity index (χ0v) is 8.59. The fourth-order valence-corrected chi connectivity index (χ4v) is 7.10. The van der Waals surface area contributed by atoms with Crippen molar-refractivity contribution in [2.75, 3.05) is 0 Å². The number of aliphatic carboxylic acids is 2. The van der Waals surface area contributed by atoms with Crippen LogP contribution in [0.4, 0.5) is 0 Å². The van der Waals surface area contributed by atoms with Crippen LogP contribution in [0.2, 0.25) is 0 Å². The lowest BCUT2D eigenvalue weighted by Crippen LogP contribution is -3.02. The van der Waals surface area contributed by atoms with Crippen LogP contribution in [0.15, 0.2) is 0 Å². The minimum Gasteiger partial charge on any atom is -0.481 e. The first-order valence-corrected chi connectivity index (χ1v) is 6.07. The zero-order chi connectivity index (χ0) is 11.0. The Bertz CT molecular complexity index is 481. The first-order valence-electron chi connectivity index (χ1n) is 6.07. The Morgan fingerprint density at radius 1 is 1.00 bits per heavy atom. The van der Waals surface area contributed by atoms with Crippen molar-refractivity contribution in [1.29, 1.82) is 0 Å². The SMILES string of the molecule is O=C(O)[C@@]12[C@H]3[C@H]4CC[C@H]5[C@@H]3[C@@H]1[C@@]5(C(=O)O)[C@@H]42. The molecule has 2 N–H and O–H groups in total. The summed E-state index contributed by atoms with van der Waals surface area (Å²) in [6, 6.07) is 0. The fourth-order valence-electron chi connectivity index (χ4n) is 7.10. The smallest absolute Gasteiger partial charge is 0.310 e. The summed E-state index contributed by atoms with van der Waals surface area (Å²) in [6.45, 7) is 0. The molecule has 84 valence electrons. The molecule has 0 aromatic carbocycles. The second kappa shape index (κ2) is 1.71. The van der Waals surface area contributed by atoms with E-state index in [2.05, 4.69) is 0 Å². The van der Waals surface area contributed by atoms with E-state index < -0.39 is 22.8 Å². The van der Waals surface area contributed by atoms with Crippen LogP contribution >= 0.6 is 0 Å². The van der Waals surface area contributed by atoms with E-state index in [-0.39, 0.29) is 11.8 Å². The monoisotopic (exact) mass is 220 g/mol. The van der Waals surface area contributed by atoms with Crippen LogP contribution in [0.3, 0.4) is 0 Å². The number of carboxylic acid groups (broad SMARTS) is 2. The minimum atomic E-state index is -0.711. The molecule has 16 heavy (non-hydrogen) atoms. The molecule has 0 unspecified atom stereocenters. The molecule has 8 atom stereocenters. The Morgan fingerprint density at radius 2 is 1.69 bits per heavy atom. The van der Waals surface area contributed by atoms with E-state index in [1.807, 2.05) is 0 Å². The first kappa shape index (κ1) is 8.09. The van der Waals surface area contributed by atoms with Gasteiger partial charge in [-0.1, -0.05) is 0 Å². The summed E-state index contributed by atoms with van der Waals surface area (Å²) in [7, 11) is 0.